The molecule has 0 saturated carbocycles. The van der Waals surface area contributed by atoms with Gasteiger partial charge < -0.3 is 25.1 Å². The van der Waals surface area contributed by atoms with Gasteiger partial charge >= 0.3 is 18.0 Å². The van der Waals surface area contributed by atoms with E-state index in [2.05, 4.69) is 5.32 Å². The number of amides is 4. The minimum Gasteiger partial charge on any atom is -0.481 e. The number of piperidine rings is 1. The highest BCUT2D eigenvalue weighted by atomic mass is 16.4. The zero-order chi connectivity index (χ0) is 15.0. The predicted octanol–water partition coefficient (Wildman–Crippen LogP) is -0.388. The SMILES string of the molecule is O=C(O)C1CCCN(C(=O)N2CCN3C(=O)NCC3C2)C1. The number of fused-ring (bicyclic) bond motifs is 1. The van der Waals surface area contributed by atoms with Crippen LogP contribution in [-0.4, -0.2) is 83.1 Å². The molecular weight excluding hydrogens is 276 g/mol. The molecule has 21 heavy (non-hydrogen) atoms. The summed E-state index contributed by atoms with van der Waals surface area (Å²) in [4.78, 5) is 40.3. The number of hydrogen-bond acceptors (Lipinski definition) is 3. The van der Waals surface area contributed by atoms with E-state index in [-0.39, 0.29) is 24.6 Å². The van der Waals surface area contributed by atoms with E-state index in [1.807, 2.05) is 0 Å². The van der Waals surface area contributed by atoms with Gasteiger partial charge in [0.15, 0.2) is 0 Å². The van der Waals surface area contributed by atoms with Crippen molar-refractivity contribution < 1.29 is 19.5 Å². The fourth-order valence-corrected chi connectivity index (χ4v) is 3.33. The molecule has 3 heterocycles. The molecule has 0 radical (unpaired) electrons. The van der Waals surface area contributed by atoms with Crippen LogP contribution in [0.5, 0.6) is 0 Å². The van der Waals surface area contributed by atoms with Crippen molar-refractivity contribution in [3.8, 4) is 0 Å². The maximum Gasteiger partial charge on any atom is 0.320 e. The number of rotatable bonds is 1. The molecule has 0 spiro atoms. The van der Waals surface area contributed by atoms with Crippen molar-refractivity contribution in [2.45, 2.75) is 18.9 Å². The highest BCUT2D eigenvalue weighted by Gasteiger charge is 2.39. The summed E-state index contributed by atoms with van der Waals surface area (Å²) in [5, 5.41) is 11.9. The molecule has 3 saturated heterocycles. The molecule has 116 valence electrons. The van der Waals surface area contributed by atoms with Crippen molar-refractivity contribution in [2.24, 2.45) is 5.92 Å². The second-order valence-electron chi connectivity index (χ2n) is 5.89. The molecule has 8 nitrogen and oxygen atoms in total. The van der Waals surface area contributed by atoms with Gasteiger partial charge in [-0.15, -0.1) is 0 Å². The summed E-state index contributed by atoms with van der Waals surface area (Å²) in [6.45, 7) is 3.04. The second-order valence-corrected chi connectivity index (χ2v) is 5.89. The van der Waals surface area contributed by atoms with Gasteiger partial charge in [-0.3, -0.25) is 4.79 Å². The summed E-state index contributed by atoms with van der Waals surface area (Å²) in [5.41, 5.74) is 0. The Bertz CT molecular complexity index is 469. The molecule has 3 aliphatic heterocycles. The third-order valence-electron chi connectivity index (χ3n) is 4.54. The fourth-order valence-electron chi connectivity index (χ4n) is 3.33. The zero-order valence-corrected chi connectivity index (χ0v) is 11.8. The monoisotopic (exact) mass is 296 g/mol. The van der Waals surface area contributed by atoms with Crippen LogP contribution in [0.15, 0.2) is 0 Å². The first kappa shape index (κ1) is 14.0. The number of piperazine rings is 1. The van der Waals surface area contributed by atoms with Crippen LogP contribution < -0.4 is 5.32 Å². The van der Waals surface area contributed by atoms with Gasteiger partial charge in [0.25, 0.3) is 0 Å². The minimum absolute atomic E-state index is 0.0373. The fraction of sp³-hybridized carbons (Fsp3) is 0.769. The molecule has 2 atom stereocenters. The van der Waals surface area contributed by atoms with Crippen molar-refractivity contribution in [3.05, 3.63) is 0 Å². The van der Waals surface area contributed by atoms with Crippen molar-refractivity contribution in [3.63, 3.8) is 0 Å². The number of aliphatic carboxylic acids is 1. The van der Waals surface area contributed by atoms with Crippen molar-refractivity contribution in [1.82, 2.24) is 20.0 Å². The topological polar surface area (TPSA) is 93.2 Å². The number of carbonyl (C=O) groups is 3. The maximum absolute atomic E-state index is 12.5. The van der Waals surface area contributed by atoms with E-state index < -0.39 is 11.9 Å². The Morgan fingerprint density at radius 1 is 1.14 bits per heavy atom. The summed E-state index contributed by atoms with van der Waals surface area (Å²) in [5.74, 6) is -1.29. The van der Waals surface area contributed by atoms with Gasteiger partial charge in [0.05, 0.1) is 12.0 Å². The van der Waals surface area contributed by atoms with Crippen molar-refractivity contribution in [2.75, 3.05) is 39.3 Å². The van der Waals surface area contributed by atoms with Crippen LogP contribution in [0.1, 0.15) is 12.8 Å². The van der Waals surface area contributed by atoms with Gasteiger partial charge in [0.2, 0.25) is 0 Å². The van der Waals surface area contributed by atoms with Gasteiger partial charge in [-0.25, -0.2) is 9.59 Å². The van der Waals surface area contributed by atoms with Gasteiger partial charge in [0.1, 0.15) is 0 Å². The molecule has 3 rings (SSSR count). The van der Waals surface area contributed by atoms with E-state index in [4.69, 9.17) is 5.11 Å². The number of nitrogens with one attached hydrogen (secondary N) is 1. The minimum atomic E-state index is -0.831. The molecule has 3 aliphatic rings. The van der Waals surface area contributed by atoms with Crippen LogP contribution in [0.2, 0.25) is 0 Å². The number of likely N-dealkylation sites (tertiary alicyclic amines) is 1. The number of carboxylic acid groups (broad SMARTS) is 1. The standard InChI is InChI=1S/C13H20N4O4/c18-11(19)9-2-1-3-15(7-9)13(21)16-4-5-17-10(8-16)6-14-12(17)20/h9-10H,1-8H2,(H,14,20)(H,18,19). The van der Waals surface area contributed by atoms with Crippen LogP contribution >= 0.6 is 0 Å². The molecule has 4 amide bonds. The summed E-state index contributed by atoms with van der Waals surface area (Å²) < 4.78 is 0. The van der Waals surface area contributed by atoms with Crippen LogP contribution in [0, 0.1) is 5.92 Å². The molecule has 3 fully saturated rings. The van der Waals surface area contributed by atoms with E-state index in [0.29, 0.717) is 39.1 Å². The molecule has 2 unspecified atom stereocenters. The Morgan fingerprint density at radius 2 is 1.90 bits per heavy atom. The van der Waals surface area contributed by atoms with Gasteiger partial charge in [-0.1, -0.05) is 0 Å². The lowest BCUT2D eigenvalue weighted by atomic mass is 9.98. The predicted molar refractivity (Wildman–Crippen MR) is 72.8 cm³/mol. The first-order valence-corrected chi connectivity index (χ1v) is 7.37. The molecular formula is C13H20N4O4. The van der Waals surface area contributed by atoms with Crippen LogP contribution in [0.25, 0.3) is 0 Å². The van der Waals surface area contributed by atoms with Crippen molar-refractivity contribution in [1.29, 1.82) is 0 Å². The van der Waals surface area contributed by atoms with Crippen LogP contribution in [-0.2, 0) is 4.79 Å². The molecule has 0 bridgehead atoms. The summed E-state index contributed by atoms with van der Waals surface area (Å²) >= 11 is 0. The lowest BCUT2D eigenvalue weighted by molar-refractivity contribution is -0.143. The first-order valence-electron chi connectivity index (χ1n) is 7.37. The molecule has 0 aliphatic carbocycles. The van der Waals surface area contributed by atoms with E-state index in [0.717, 1.165) is 6.42 Å². The quantitative estimate of drug-likeness (QED) is 0.689. The highest BCUT2D eigenvalue weighted by molar-refractivity contribution is 5.79. The number of carbonyl (C=O) groups excluding carboxylic acids is 2. The molecule has 0 aromatic rings. The van der Waals surface area contributed by atoms with E-state index in [9.17, 15) is 14.4 Å². The number of urea groups is 2. The Labute approximate surface area is 122 Å². The summed E-state index contributed by atoms with van der Waals surface area (Å²) in [6.07, 6.45) is 1.36. The number of nitrogens with zero attached hydrogens (tertiary/aromatic N) is 3. The molecule has 2 N–H and O–H groups in total. The second kappa shape index (κ2) is 5.42. The molecule has 0 aromatic heterocycles. The van der Waals surface area contributed by atoms with Gasteiger partial charge in [-0.2, -0.15) is 0 Å². The zero-order valence-electron chi connectivity index (χ0n) is 11.8. The largest absolute Gasteiger partial charge is 0.481 e. The number of hydrogen-bond donors (Lipinski definition) is 2. The highest BCUT2D eigenvalue weighted by Crippen LogP contribution is 2.20. The van der Waals surface area contributed by atoms with Gasteiger partial charge in [0, 0.05) is 39.3 Å². The first-order chi connectivity index (χ1) is 10.1. The Balaban J connectivity index is 1.60. The average molecular weight is 296 g/mol. The molecule has 0 aromatic carbocycles. The summed E-state index contributed by atoms with van der Waals surface area (Å²) in [6, 6.07) is -0.119. The van der Waals surface area contributed by atoms with E-state index in [1.165, 1.54) is 0 Å². The van der Waals surface area contributed by atoms with Crippen LogP contribution in [0.3, 0.4) is 0 Å². The van der Waals surface area contributed by atoms with E-state index in [1.54, 1.807) is 14.7 Å². The lowest BCUT2D eigenvalue weighted by Gasteiger charge is -2.40. The Morgan fingerprint density at radius 3 is 2.67 bits per heavy atom. The average Bonchev–Trinajstić information content (AvgIpc) is 2.87. The smallest absolute Gasteiger partial charge is 0.320 e. The third-order valence-corrected chi connectivity index (χ3v) is 4.54. The lowest BCUT2D eigenvalue weighted by Crippen LogP contribution is -2.58. The van der Waals surface area contributed by atoms with E-state index >= 15 is 0 Å². The summed E-state index contributed by atoms with van der Waals surface area (Å²) in [7, 11) is 0. The Kier molecular flexibility index (Phi) is 3.60. The normalized spacial score (nSPS) is 29.1. The maximum atomic E-state index is 12.5. The van der Waals surface area contributed by atoms with Crippen molar-refractivity contribution >= 4 is 18.0 Å². The Hall–Kier alpha value is -1.99. The van der Waals surface area contributed by atoms with Crippen LogP contribution in [0.4, 0.5) is 9.59 Å². The third kappa shape index (κ3) is 2.62. The van der Waals surface area contributed by atoms with Gasteiger partial charge in [-0.05, 0) is 12.8 Å². The molecule has 8 heteroatoms. The number of carboxylic acids is 1.